The lowest BCUT2D eigenvalue weighted by Gasteiger charge is -2.41. The normalized spacial score (nSPS) is 29.0. The first-order valence-electron chi connectivity index (χ1n) is 5.68. The Hall–Kier alpha value is -1.15. The van der Waals surface area contributed by atoms with Gasteiger partial charge in [-0.05, 0) is 42.9 Å². The molecule has 0 aromatic carbocycles. The van der Waals surface area contributed by atoms with E-state index < -0.39 is 0 Å². The molecule has 1 N–H and O–H groups in total. The topological polar surface area (TPSA) is 24.9 Å². The van der Waals surface area contributed by atoms with Crippen molar-refractivity contribution in [2.24, 2.45) is 5.92 Å². The van der Waals surface area contributed by atoms with Gasteiger partial charge in [0.15, 0.2) is 0 Å². The molecule has 2 aliphatic rings. The summed E-state index contributed by atoms with van der Waals surface area (Å²) < 4.78 is 0. The van der Waals surface area contributed by atoms with Crippen LogP contribution in [0.2, 0.25) is 0 Å². The summed E-state index contributed by atoms with van der Waals surface area (Å²) in [5.41, 5.74) is 3.86. The van der Waals surface area contributed by atoms with E-state index in [4.69, 9.17) is 0 Å². The fourth-order valence-corrected chi connectivity index (χ4v) is 2.44. The predicted molar refractivity (Wildman–Crippen MR) is 61.5 cm³/mol. The summed E-state index contributed by atoms with van der Waals surface area (Å²) in [7, 11) is 0. The van der Waals surface area contributed by atoms with E-state index in [-0.39, 0.29) is 0 Å². The summed E-state index contributed by atoms with van der Waals surface area (Å²) in [4.78, 5) is 4.36. The number of aryl methyl sites for hydroxylation is 1. The average molecular weight is 200 g/mol. The average Bonchev–Trinajstić information content (AvgIpc) is 2.22. The van der Waals surface area contributed by atoms with E-state index >= 15 is 0 Å². The van der Waals surface area contributed by atoms with Gasteiger partial charge in [0.05, 0.1) is 0 Å². The second kappa shape index (κ2) is 3.46. The highest BCUT2D eigenvalue weighted by atomic mass is 15.0. The van der Waals surface area contributed by atoms with Crippen LogP contribution >= 0.6 is 0 Å². The van der Waals surface area contributed by atoms with Crippen molar-refractivity contribution in [1.29, 1.82) is 0 Å². The molecule has 0 saturated carbocycles. The van der Waals surface area contributed by atoms with Crippen molar-refractivity contribution in [3.8, 4) is 0 Å². The monoisotopic (exact) mass is 200 g/mol. The van der Waals surface area contributed by atoms with Gasteiger partial charge in [-0.2, -0.15) is 0 Å². The van der Waals surface area contributed by atoms with Gasteiger partial charge in [-0.25, -0.2) is 0 Å². The molecular formula is C13H16N2. The van der Waals surface area contributed by atoms with E-state index in [0.29, 0.717) is 0 Å². The zero-order valence-corrected chi connectivity index (χ0v) is 9.03. The molecule has 2 heteroatoms. The lowest BCUT2D eigenvalue weighted by molar-refractivity contribution is 0.231. The van der Waals surface area contributed by atoms with Crippen molar-refractivity contribution >= 4 is 5.57 Å². The standard InChI is InChI=1S/C13H16N2/c1-9-2-3-11(7-14-9)10-4-5-12-8-15-13(12)6-10/h2-4,7,12-13,15H,5-6,8H2,1H3. The van der Waals surface area contributed by atoms with Gasteiger partial charge in [0.2, 0.25) is 0 Å². The Morgan fingerprint density at radius 2 is 2.33 bits per heavy atom. The first-order chi connectivity index (χ1) is 7.33. The van der Waals surface area contributed by atoms with Gasteiger partial charge in [-0.3, -0.25) is 4.98 Å². The van der Waals surface area contributed by atoms with Crippen LogP contribution in [0.25, 0.3) is 5.57 Å². The molecule has 1 aromatic rings. The molecule has 0 amide bonds. The molecule has 2 unspecified atom stereocenters. The number of hydrogen-bond acceptors (Lipinski definition) is 2. The smallest absolute Gasteiger partial charge is 0.0373 e. The zero-order chi connectivity index (χ0) is 10.3. The number of nitrogens with one attached hydrogen (secondary N) is 1. The molecule has 2 heterocycles. The maximum atomic E-state index is 4.36. The first-order valence-corrected chi connectivity index (χ1v) is 5.68. The third-order valence-corrected chi connectivity index (χ3v) is 3.60. The van der Waals surface area contributed by atoms with E-state index in [1.807, 2.05) is 13.1 Å². The molecule has 3 rings (SSSR count). The third-order valence-electron chi connectivity index (χ3n) is 3.60. The minimum Gasteiger partial charge on any atom is -0.313 e. The molecule has 1 fully saturated rings. The van der Waals surface area contributed by atoms with E-state index in [0.717, 1.165) is 17.7 Å². The van der Waals surface area contributed by atoms with Crippen LogP contribution in [0.3, 0.4) is 0 Å². The molecule has 1 saturated heterocycles. The molecule has 2 atom stereocenters. The van der Waals surface area contributed by atoms with Gasteiger partial charge in [0, 0.05) is 24.5 Å². The molecule has 1 aromatic heterocycles. The molecule has 0 radical (unpaired) electrons. The van der Waals surface area contributed by atoms with Crippen molar-refractivity contribution in [2.75, 3.05) is 6.54 Å². The van der Waals surface area contributed by atoms with Gasteiger partial charge in [-0.15, -0.1) is 0 Å². The van der Waals surface area contributed by atoms with Crippen molar-refractivity contribution in [3.05, 3.63) is 35.7 Å². The lowest BCUT2D eigenvalue weighted by Crippen LogP contribution is -2.53. The number of nitrogens with zero attached hydrogens (tertiary/aromatic N) is 1. The van der Waals surface area contributed by atoms with Crippen molar-refractivity contribution in [2.45, 2.75) is 25.8 Å². The Morgan fingerprint density at radius 3 is 2.93 bits per heavy atom. The predicted octanol–water partition coefficient (Wildman–Crippen LogP) is 2.16. The van der Waals surface area contributed by atoms with E-state index in [9.17, 15) is 0 Å². The first kappa shape index (κ1) is 9.10. The van der Waals surface area contributed by atoms with Gasteiger partial charge in [-0.1, -0.05) is 12.1 Å². The van der Waals surface area contributed by atoms with Crippen LogP contribution in [0.15, 0.2) is 24.4 Å². The maximum absolute atomic E-state index is 4.36. The summed E-state index contributed by atoms with van der Waals surface area (Å²) in [5.74, 6) is 0.896. The largest absolute Gasteiger partial charge is 0.313 e. The Morgan fingerprint density at radius 1 is 1.40 bits per heavy atom. The molecule has 78 valence electrons. The van der Waals surface area contributed by atoms with E-state index in [2.05, 4.69) is 28.5 Å². The summed E-state index contributed by atoms with van der Waals surface area (Å²) in [6, 6.07) is 5.01. The van der Waals surface area contributed by atoms with E-state index in [1.165, 1.54) is 30.5 Å². The number of hydrogen-bond donors (Lipinski definition) is 1. The quantitative estimate of drug-likeness (QED) is 0.751. The Kier molecular flexibility index (Phi) is 2.10. The fraction of sp³-hybridized carbons (Fsp3) is 0.462. The highest BCUT2D eigenvalue weighted by Crippen LogP contribution is 2.33. The van der Waals surface area contributed by atoms with Crippen molar-refractivity contribution in [3.63, 3.8) is 0 Å². The van der Waals surface area contributed by atoms with E-state index in [1.54, 1.807) is 0 Å². The Bertz CT molecular complexity index is 392. The summed E-state index contributed by atoms with van der Waals surface area (Å²) in [5, 5.41) is 3.50. The second-order valence-corrected chi connectivity index (χ2v) is 4.63. The van der Waals surface area contributed by atoms with Crippen LogP contribution in [-0.2, 0) is 0 Å². The van der Waals surface area contributed by atoms with Crippen LogP contribution in [-0.4, -0.2) is 17.6 Å². The van der Waals surface area contributed by atoms with Gasteiger partial charge in [0.25, 0.3) is 0 Å². The van der Waals surface area contributed by atoms with Crippen molar-refractivity contribution < 1.29 is 0 Å². The summed E-state index contributed by atoms with van der Waals surface area (Å²) in [6.07, 6.45) is 6.81. The molecule has 0 bridgehead atoms. The Labute approximate surface area is 90.4 Å². The third kappa shape index (κ3) is 1.59. The molecule has 15 heavy (non-hydrogen) atoms. The van der Waals surface area contributed by atoms with Gasteiger partial charge in [0.1, 0.15) is 0 Å². The molecule has 1 aliphatic carbocycles. The minimum absolute atomic E-state index is 0.728. The molecular weight excluding hydrogens is 184 g/mol. The van der Waals surface area contributed by atoms with Crippen LogP contribution in [0.1, 0.15) is 24.1 Å². The second-order valence-electron chi connectivity index (χ2n) is 4.63. The number of allylic oxidation sites excluding steroid dienone is 1. The van der Waals surface area contributed by atoms with Crippen LogP contribution in [0.4, 0.5) is 0 Å². The maximum Gasteiger partial charge on any atom is 0.0373 e. The van der Waals surface area contributed by atoms with Crippen LogP contribution in [0.5, 0.6) is 0 Å². The summed E-state index contributed by atoms with van der Waals surface area (Å²) in [6.45, 7) is 3.24. The number of rotatable bonds is 1. The number of fused-ring (bicyclic) bond motifs is 1. The van der Waals surface area contributed by atoms with Crippen LogP contribution < -0.4 is 5.32 Å². The molecule has 2 nitrogen and oxygen atoms in total. The summed E-state index contributed by atoms with van der Waals surface area (Å²) >= 11 is 0. The molecule has 0 spiro atoms. The van der Waals surface area contributed by atoms with Gasteiger partial charge >= 0.3 is 0 Å². The highest BCUT2D eigenvalue weighted by Gasteiger charge is 2.32. The number of pyridine rings is 1. The molecule has 1 aliphatic heterocycles. The fourth-order valence-electron chi connectivity index (χ4n) is 2.44. The minimum atomic E-state index is 0.728. The van der Waals surface area contributed by atoms with Crippen LogP contribution in [0, 0.1) is 12.8 Å². The SMILES string of the molecule is Cc1ccc(C2=CCC3CNC3C2)cn1. The number of aromatic nitrogens is 1. The lowest BCUT2D eigenvalue weighted by atomic mass is 9.78. The van der Waals surface area contributed by atoms with Crippen molar-refractivity contribution in [1.82, 2.24) is 10.3 Å². The highest BCUT2D eigenvalue weighted by molar-refractivity contribution is 5.66. The zero-order valence-electron chi connectivity index (χ0n) is 9.03. The van der Waals surface area contributed by atoms with Gasteiger partial charge < -0.3 is 5.32 Å². The Balaban J connectivity index is 1.85.